The molecule has 0 aromatic heterocycles. The molecule has 118 valence electrons. The van der Waals surface area contributed by atoms with Crippen LogP contribution in [0.1, 0.15) is 26.3 Å². The van der Waals surface area contributed by atoms with Crippen molar-refractivity contribution in [3.63, 3.8) is 0 Å². The Hall–Kier alpha value is -1.69. The van der Waals surface area contributed by atoms with E-state index in [0.29, 0.717) is 0 Å². The molecule has 0 spiro atoms. The van der Waals surface area contributed by atoms with E-state index in [1.807, 2.05) is 0 Å². The molecule has 1 aromatic rings. The highest BCUT2D eigenvalue weighted by Crippen LogP contribution is 2.39. The molecule has 1 rings (SSSR count). The van der Waals surface area contributed by atoms with E-state index in [-0.39, 0.29) is 17.2 Å². The summed E-state index contributed by atoms with van der Waals surface area (Å²) in [5.74, 6) is -1.94. The molecule has 2 atom stereocenters. The van der Waals surface area contributed by atoms with Crippen molar-refractivity contribution in [3.8, 4) is 5.75 Å². The highest BCUT2D eigenvalue weighted by Gasteiger charge is 2.43. The number of alkyl halides is 2. The molecule has 1 aromatic carbocycles. The Labute approximate surface area is 122 Å². The molecule has 0 saturated heterocycles. The van der Waals surface area contributed by atoms with Gasteiger partial charge in [0, 0.05) is 5.56 Å². The maximum Gasteiger partial charge on any atom is 0.387 e. The molecule has 0 aliphatic heterocycles. The number of para-hydroxylation sites is 1. The number of aliphatic hydroxyl groups is 1. The fraction of sp³-hybridized carbons (Fsp3) is 0.533. The quantitative estimate of drug-likeness (QED) is 0.821. The lowest BCUT2D eigenvalue weighted by Gasteiger charge is -2.34. The van der Waals surface area contributed by atoms with E-state index in [1.165, 1.54) is 32.2 Å². The molecule has 2 unspecified atom stereocenters. The van der Waals surface area contributed by atoms with Crippen molar-refractivity contribution < 1.29 is 28.2 Å². The summed E-state index contributed by atoms with van der Waals surface area (Å²) in [5, 5.41) is 10.8. The van der Waals surface area contributed by atoms with E-state index in [9.17, 15) is 18.7 Å². The maximum absolute atomic E-state index is 12.5. The Morgan fingerprint density at radius 1 is 1.29 bits per heavy atom. The van der Waals surface area contributed by atoms with E-state index in [2.05, 4.69) is 4.74 Å². The van der Waals surface area contributed by atoms with Crippen molar-refractivity contribution in [2.45, 2.75) is 33.0 Å². The van der Waals surface area contributed by atoms with E-state index in [0.717, 1.165) is 0 Å². The summed E-state index contributed by atoms with van der Waals surface area (Å²) in [6.45, 7) is 1.86. The van der Waals surface area contributed by atoms with Crippen LogP contribution >= 0.6 is 0 Å². The van der Waals surface area contributed by atoms with Crippen LogP contribution in [0, 0.1) is 11.8 Å². The van der Waals surface area contributed by atoms with Crippen LogP contribution in [-0.4, -0.2) is 24.8 Å². The number of halogens is 2. The van der Waals surface area contributed by atoms with Crippen molar-refractivity contribution in [1.29, 1.82) is 0 Å². The van der Waals surface area contributed by atoms with Crippen molar-refractivity contribution in [3.05, 3.63) is 29.8 Å². The van der Waals surface area contributed by atoms with Crippen molar-refractivity contribution in [2.75, 3.05) is 7.11 Å². The van der Waals surface area contributed by atoms with Gasteiger partial charge < -0.3 is 14.6 Å². The van der Waals surface area contributed by atoms with Crippen LogP contribution < -0.4 is 4.74 Å². The monoisotopic (exact) mass is 302 g/mol. The van der Waals surface area contributed by atoms with E-state index >= 15 is 0 Å². The van der Waals surface area contributed by atoms with Crippen LogP contribution in [0.2, 0.25) is 0 Å². The maximum atomic E-state index is 12.5. The second-order valence-corrected chi connectivity index (χ2v) is 5.27. The summed E-state index contributed by atoms with van der Waals surface area (Å²) < 4.78 is 34.1. The van der Waals surface area contributed by atoms with Gasteiger partial charge in [-0.1, -0.05) is 32.0 Å². The third-order valence-electron chi connectivity index (χ3n) is 3.38. The molecule has 0 aliphatic carbocycles. The average Bonchev–Trinajstić information content (AvgIpc) is 2.37. The largest absolute Gasteiger partial charge is 0.469 e. The number of carbonyl (C=O) groups is 1. The van der Waals surface area contributed by atoms with Gasteiger partial charge in [-0.25, -0.2) is 0 Å². The molecular formula is C15H20F2O4. The molecule has 1 N–H and O–H groups in total. The molecule has 6 heteroatoms. The van der Waals surface area contributed by atoms with Gasteiger partial charge in [0.25, 0.3) is 0 Å². The molecule has 0 bridgehead atoms. The van der Waals surface area contributed by atoms with Crippen LogP contribution in [-0.2, 0) is 15.1 Å². The minimum Gasteiger partial charge on any atom is -0.469 e. The Balaban J connectivity index is 3.30. The number of methoxy groups -OCH3 is 1. The summed E-state index contributed by atoms with van der Waals surface area (Å²) in [4.78, 5) is 11.9. The predicted octanol–water partition coefficient (Wildman–Crippen LogP) is 2.94. The lowest BCUT2D eigenvalue weighted by molar-refractivity contribution is -0.159. The molecule has 0 aliphatic rings. The lowest BCUT2D eigenvalue weighted by atomic mass is 9.76. The zero-order valence-electron chi connectivity index (χ0n) is 12.5. The van der Waals surface area contributed by atoms with Crippen molar-refractivity contribution >= 4 is 5.97 Å². The smallest absolute Gasteiger partial charge is 0.387 e. The SMILES string of the molecule is COC(=O)C(C(C)C)C(C)(O)c1ccccc1OC(F)F. The van der Waals surface area contributed by atoms with Gasteiger partial charge in [-0.15, -0.1) is 0 Å². The van der Waals surface area contributed by atoms with Gasteiger partial charge in [0.05, 0.1) is 13.0 Å². The summed E-state index contributed by atoms with van der Waals surface area (Å²) in [7, 11) is 1.22. The molecule has 0 radical (unpaired) electrons. The first-order chi connectivity index (χ1) is 9.71. The van der Waals surface area contributed by atoms with Gasteiger partial charge >= 0.3 is 12.6 Å². The topological polar surface area (TPSA) is 55.8 Å². The van der Waals surface area contributed by atoms with Crippen molar-refractivity contribution in [1.82, 2.24) is 0 Å². The molecule has 0 fully saturated rings. The molecule has 0 amide bonds. The summed E-state index contributed by atoms with van der Waals surface area (Å²) in [6.07, 6.45) is 0. The Bertz CT molecular complexity index is 486. The third-order valence-corrected chi connectivity index (χ3v) is 3.38. The molecule has 4 nitrogen and oxygen atoms in total. The van der Waals surface area contributed by atoms with Gasteiger partial charge in [0.15, 0.2) is 0 Å². The van der Waals surface area contributed by atoms with E-state index in [1.54, 1.807) is 19.9 Å². The van der Waals surface area contributed by atoms with Crippen LogP contribution in [0.5, 0.6) is 5.75 Å². The van der Waals surface area contributed by atoms with Crippen molar-refractivity contribution in [2.24, 2.45) is 11.8 Å². The fourth-order valence-electron chi connectivity index (χ4n) is 2.53. The standard InChI is InChI=1S/C15H20F2O4/c1-9(2)12(13(18)20-4)15(3,19)10-7-5-6-8-11(10)21-14(16)17/h5-9,12,14,19H,1-4H3. The minimum atomic E-state index is -3.02. The van der Waals surface area contributed by atoms with Crippen LogP contribution in [0.3, 0.4) is 0 Å². The number of hydrogen-bond acceptors (Lipinski definition) is 4. The predicted molar refractivity (Wildman–Crippen MR) is 73.0 cm³/mol. The number of hydrogen-bond donors (Lipinski definition) is 1. The first kappa shape index (κ1) is 17.4. The number of benzene rings is 1. The summed E-state index contributed by atoms with van der Waals surface area (Å²) in [6, 6.07) is 5.87. The van der Waals surface area contributed by atoms with Gasteiger partial charge in [-0.3, -0.25) is 4.79 Å². The third kappa shape index (κ3) is 3.91. The Kier molecular flexibility index (Phi) is 5.66. The molecule has 0 saturated carbocycles. The highest BCUT2D eigenvalue weighted by molar-refractivity contribution is 5.74. The molecular weight excluding hydrogens is 282 g/mol. The van der Waals surface area contributed by atoms with Crippen LogP contribution in [0.25, 0.3) is 0 Å². The second-order valence-electron chi connectivity index (χ2n) is 5.27. The zero-order chi connectivity index (χ0) is 16.2. The first-order valence-corrected chi connectivity index (χ1v) is 6.56. The molecule has 21 heavy (non-hydrogen) atoms. The van der Waals surface area contributed by atoms with Gasteiger partial charge in [0.1, 0.15) is 11.4 Å². The highest BCUT2D eigenvalue weighted by atomic mass is 19.3. The number of rotatable bonds is 6. The van der Waals surface area contributed by atoms with E-state index < -0.39 is 24.1 Å². The summed E-state index contributed by atoms with van der Waals surface area (Å²) >= 11 is 0. The summed E-state index contributed by atoms with van der Waals surface area (Å²) in [5.41, 5.74) is -1.58. The fourth-order valence-corrected chi connectivity index (χ4v) is 2.53. The number of ether oxygens (including phenoxy) is 2. The second kappa shape index (κ2) is 6.85. The minimum absolute atomic E-state index is 0.120. The van der Waals surface area contributed by atoms with Crippen LogP contribution in [0.15, 0.2) is 24.3 Å². The normalized spacial score (nSPS) is 15.7. The average molecular weight is 302 g/mol. The zero-order valence-corrected chi connectivity index (χ0v) is 12.5. The van der Waals surface area contributed by atoms with Gasteiger partial charge in [-0.2, -0.15) is 8.78 Å². The van der Waals surface area contributed by atoms with Gasteiger partial charge in [-0.05, 0) is 18.9 Å². The van der Waals surface area contributed by atoms with E-state index in [4.69, 9.17) is 4.74 Å². The Morgan fingerprint density at radius 2 is 1.86 bits per heavy atom. The van der Waals surface area contributed by atoms with Crippen LogP contribution in [0.4, 0.5) is 8.78 Å². The molecule has 0 heterocycles. The Morgan fingerprint density at radius 3 is 2.33 bits per heavy atom. The van der Waals surface area contributed by atoms with Gasteiger partial charge in [0.2, 0.25) is 0 Å². The number of esters is 1. The number of carbonyl (C=O) groups excluding carboxylic acids is 1. The first-order valence-electron chi connectivity index (χ1n) is 6.56. The lowest BCUT2D eigenvalue weighted by Crippen LogP contribution is -2.41.